The number of rotatable bonds is 5. The number of hydrogen-bond acceptors (Lipinski definition) is 6. The third kappa shape index (κ3) is 3.51. The van der Waals surface area contributed by atoms with Crippen molar-refractivity contribution in [3.05, 3.63) is 56.2 Å². The minimum atomic E-state index is -0.327. The lowest BCUT2D eigenvalue weighted by Crippen LogP contribution is -2.25. The quantitative estimate of drug-likeness (QED) is 0.632. The Hall–Kier alpha value is -2.54. The van der Waals surface area contributed by atoms with Gasteiger partial charge in [-0.05, 0) is 55.4 Å². The highest BCUT2D eigenvalue weighted by atomic mass is 32.1. The van der Waals surface area contributed by atoms with Crippen molar-refractivity contribution in [2.24, 2.45) is 0 Å². The maximum absolute atomic E-state index is 13.0. The molecule has 0 aliphatic heterocycles. The lowest BCUT2D eigenvalue weighted by atomic mass is 9.97. The molecule has 1 aliphatic carbocycles. The molecule has 3 aromatic rings. The Bertz CT molecular complexity index is 1040. The molecule has 0 saturated carbocycles. The number of ether oxygens (including phenoxy) is 1. The van der Waals surface area contributed by atoms with E-state index in [9.17, 15) is 9.59 Å². The first-order chi connectivity index (χ1) is 13.2. The molecule has 0 amide bonds. The van der Waals surface area contributed by atoms with Gasteiger partial charge in [-0.1, -0.05) is 24.3 Å². The number of fused-ring (bicyclic) bond motifs is 3. The highest BCUT2D eigenvalue weighted by Gasteiger charge is 2.20. The summed E-state index contributed by atoms with van der Waals surface area (Å²) in [7, 11) is 0. The molecule has 0 saturated heterocycles. The minimum absolute atomic E-state index is 0.0779. The molecule has 6 nitrogen and oxygen atoms in total. The van der Waals surface area contributed by atoms with E-state index < -0.39 is 0 Å². The van der Waals surface area contributed by atoms with Gasteiger partial charge in [0.25, 0.3) is 5.56 Å². The number of nitrogens with zero attached hydrogens (tertiary/aromatic N) is 3. The Balaban J connectivity index is 1.59. The molecular formula is C20H21N3O3S. The summed E-state index contributed by atoms with van der Waals surface area (Å²) in [6.45, 7) is 2.70. The second-order valence-electron chi connectivity index (χ2n) is 6.78. The fourth-order valence-corrected chi connectivity index (χ4v) is 4.60. The Kier molecular flexibility index (Phi) is 5.03. The van der Waals surface area contributed by atoms with E-state index in [1.54, 1.807) is 23.5 Å². The highest BCUT2D eigenvalue weighted by molar-refractivity contribution is 7.18. The molecule has 0 N–H and O–H groups in total. The van der Waals surface area contributed by atoms with E-state index in [0.717, 1.165) is 41.5 Å². The van der Waals surface area contributed by atoms with E-state index in [0.29, 0.717) is 18.7 Å². The van der Waals surface area contributed by atoms with Crippen molar-refractivity contribution in [3.63, 3.8) is 0 Å². The summed E-state index contributed by atoms with van der Waals surface area (Å²) in [6.07, 6.45) is 5.07. The van der Waals surface area contributed by atoms with Crippen LogP contribution >= 0.6 is 11.3 Å². The number of hydrogen-bond donors (Lipinski definition) is 0. The van der Waals surface area contributed by atoms with Crippen molar-refractivity contribution in [1.82, 2.24) is 15.0 Å². The number of aryl methyl sites for hydroxylation is 2. The first-order valence-electron chi connectivity index (χ1n) is 9.31. The molecule has 0 radical (unpaired) electrons. The zero-order chi connectivity index (χ0) is 18.8. The van der Waals surface area contributed by atoms with Gasteiger partial charge in [0.2, 0.25) is 0 Å². The molecule has 2 heterocycles. The van der Waals surface area contributed by atoms with Gasteiger partial charge >= 0.3 is 5.97 Å². The summed E-state index contributed by atoms with van der Waals surface area (Å²) in [5.74, 6) is -0.327. The number of esters is 1. The fraction of sp³-hybridized carbons (Fsp3) is 0.400. The maximum atomic E-state index is 13.0. The van der Waals surface area contributed by atoms with Crippen LogP contribution in [0.3, 0.4) is 0 Å². The topological polar surface area (TPSA) is 74.1 Å². The van der Waals surface area contributed by atoms with Crippen LogP contribution in [-0.2, 0) is 24.1 Å². The van der Waals surface area contributed by atoms with Crippen LogP contribution in [0.15, 0.2) is 29.1 Å². The average molecular weight is 383 g/mol. The molecule has 1 aromatic carbocycles. The molecule has 4 rings (SSSR count). The largest absolute Gasteiger partial charge is 0.462 e. The maximum Gasteiger partial charge on any atom is 0.338 e. The molecule has 0 atom stereocenters. The predicted octanol–water partition coefficient (Wildman–Crippen LogP) is 3.35. The van der Waals surface area contributed by atoms with Gasteiger partial charge in [-0.25, -0.2) is 9.48 Å². The summed E-state index contributed by atoms with van der Waals surface area (Å²) in [6, 6.07) is 7.08. The smallest absolute Gasteiger partial charge is 0.338 e. The molecule has 140 valence electrons. The highest BCUT2D eigenvalue weighted by Crippen LogP contribution is 2.33. The number of carbonyl (C=O) groups excluding carboxylic acids is 1. The zero-order valence-corrected chi connectivity index (χ0v) is 16.1. The van der Waals surface area contributed by atoms with Crippen molar-refractivity contribution in [3.8, 4) is 0 Å². The Morgan fingerprint density at radius 3 is 2.78 bits per heavy atom. The fourth-order valence-electron chi connectivity index (χ4n) is 3.41. The molecule has 0 spiro atoms. The van der Waals surface area contributed by atoms with E-state index in [-0.39, 0.29) is 11.5 Å². The van der Waals surface area contributed by atoms with E-state index in [4.69, 9.17) is 4.74 Å². The number of aromatic nitrogens is 3. The van der Waals surface area contributed by atoms with Gasteiger partial charge in [0.05, 0.1) is 24.1 Å². The summed E-state index contributed by atoms with van der Waals surface area (Å²) in [4.78, 5) is 26.9. The summed E-state index contributed by atoms with van der Waals surface area (Å²) in [5.41, 5.74) is 2.49. The van der Waals surface area contributed by atoms with Crippen molar-refractivity contribution < 1.29 is 9.53 Å². The molecule has 0 unspecified atom stereocenters. The third-order valence-corrected chi connectivity index (χ3v) is 5.98. The molecule has 0 bridgehead atoms. The van der Waals surface area contributed by atoms with Crippen LogP contribution in [0.5, 0.6) is 0 Å². The lowest BCUT2D eigenvalue weighted by molar-refractivity contribution is 0.0505. The SMILES string of the molecule is CCCOC(=O)c1ccc(Cn2nnc3sc4c(c3c2=O)CCCC4)cc1. The Morgan fingerprint density at radius 2 is 2.00 bits per heavy atom. The van der Waals surface area contributed by atoms with E-state index in [1.807, 2.05) is 19.1 Å². The van der Waals surface area contributed by atoms with Crippen molar-refractivity contribution >= 4 is 27.5 Å². The predicted molar refractivity (Wildman–Crippen MR) is 104 cm³/mol. The van der Waals surface area contributed by atoms with Gasteiger partial charge in [-0.15, -0.1) is 16.4 Å². The lowest BCUT2D eigenvalue weighted by Gasteiger charge is -2.10. The monoisotopic (exact) mass is 383 g/mol. The normalized spacial score (nSPS) is 13.5. The van der Waals surface area contributed by atoms with Gasteiger partial charge in [0.15, 0.2) is 4.83 Å². The zero-order valence-electron chi connectivity index (χ0n) is 15.2. The van der Waals surface area contributed by atoms with Crippen LogP contribution < -0.4 is 5.56 Å². The number of carbonyl (C=O) groups is 1. The van der Waals surface area contributed by atoms with Crippen LogP contribution in [0.4, 0.5) is 0 Å². The average Bonchev–Trinajstić information content (AvgIpc) is 3.08. The van der Waals surface area contributed by atoms with Crippen molar-refractivity contribution in [2.45, 2.75) is 45.6 Å². The minimum Gasteiger partial charge on any atom is -0.462 e. The van der Waals surface area contributed by atoms with Crippen LogP contribution in [-0.4, -0.2) is 27.6 Å². The second-order valence-corrected chi connectivity index (χ2v) is 7.86. The molecule has 2 aromatic heterocycles. The van der Waals surface area contributed by atoms with Gasteiger partial charge in [-0.3, -0.25) is 4.79 Å². The van der Waals surface area contributed by atoms with Gasteiger partial charge in [0, 0.05) is 4.88 Å². The van der Waals surface area contributed by atoms with Crippen LogP contribution in [0.25, 0.3) is 10.2 Å². The van der Waals surface area contributed by atoms with Gasteiger partial charge in [0.1, 0.15) is 0 Å². The van der Waals surface area contributed by atoms with Crippen molar-refractivity contribution in [2.75, 3.05) is 6.61 Å². The summed E-state index contributed by atoms with van der Waals surface area (Å²) >= 11 is 1.60. The number of benzene rings is 1. The first kappa shape index (κ1) is 17.9. The summed E-state index contributed by atoms with van der Waals surface area (Å²) in [5, 5.41) is 9.14. The molecule has 27 heavy (non-hydrogen) atoms. The van der Waals surface area contributed by atoms with Gasteiger partial charge < -0.3 is 4.74 Å². The van der Waals surface area contributed by atoms with Crippen LogP contribution in [0.2, 0.25) is 0 Å². The standard InChI is InChI=1S/C20H21N3O3S/c1-2-11-26-20(25)14-9-7-13(8-10-14)12-23-19(24)17-15-5-3-4-6-16(15)27-18(17)21-22-23/h7-10H,2-6,11-12H2,1H3. The second kappa shape index (κ2) is 7.60. The van der Waals surface area contributed by atoms with Crippen LogP contribution in [0, 0.1) is 0 Å². The van der Waals surface area contributed by atoms with E-state index in [1.165, 1.54) is 21.5 Å². The van der Waals surface area contributed by atoms with E-state index >= 15 is 0 Å². The molecule has 7 heteroatoms. The molecule has 0 fully saturated rings. The van der Waals surface area contributed by atoms with Gasteiger partial charge in [-0.2, -0.15) is 0 Å². The Morgan fingerprint density at radius 1 is 1.22 bits per heavy atom. The van der Waals surface area contributed by atoms with E-state index in [2.05, 4.69) is 10.3 Å². The molecule has 1 aliphatic rings. The van der Waals surface area contributed by atoms with Crippen LogP contribution in [0.1, 0.15) is 52.5 Å². The van der Waals surface area contributed by atoms with Crippen molar-refractivity contribution in [1.29, 1.82) is 0 Å². The third-order valence-electron chi connectivity index (χ3n) is 4.80. The summed E-state index contributed by atoms with van der Waals surface area (Å²) < 4.78 is 6.54. The Labute approximate surface area is 160 Å². The molecular weight excluding hydrogens is 362 g/mol. The first-order valence-corrected chi connectivity index (χ1v) is 10.1. The number of thiophene rings is 1.